The summed E-state index contributed by atoms with van der Waals surface area (Å²) in [6.45, 7) is 0.815. The van der Waals surface area contributed by atoms with E-state index < -0.39 is 6.10 Å². The van der Waals surface area contributed by atoms with Gasteiger partial charge in [0.25, 0.3) is 0 Å². The third kappa shape index (κ3) is 3.01. The van der Waals surface area contributed by atoms with Crippen LogP contribution in [-0.4, -0.2) is 37.3 Å². The molecule has 0 aromatic carbocycles. The number of aliphatic hydroxyl groups excluding tert-OH is 1. The van der Waals surface area contributed by atoms with Crippen LogP contribution in [0.3, 0.4) is 0 Å². The molecule has 0 spiro atoms. The van der Waals surface area contributed by atoms with Gasteiger partial charge in [-0.25, -0.2) is 15.0 Å². The molecule has 1 atom stereocenters. The predicted molar refractivity (Wildman–Crippen MR) is 74.1 cm³/mol. The number of nitrogens with two attached hydrogens (primary N) is 1. The van der Waals surface area contributed by atoms with E-state index in [1.54, 1.807) is 23.2 Å². The number of rotatable bonds is 6. The lowest BCUT2D eigenvalue weighted by atomic mass is 10.3. The van der Waals surface area contributed by atoms with Crippen molar-refractivity contribution in [2.45, 2.75) is 19.3 Å². The van der Waals surface area contributed by atoms with Crippen molar-refractivity contribution in [1.29, 1.82) is 0 Å². The van der Waals surface area contributed by atoms with Gasteiger partial charge in [0.05, 0.1) is 31.8 Å². The van der Waals surface area contributed by atoms with E-state index in [0.29, 0.717) is 30.1 Å². The number of anilines is 1. The van der Waals surface area contributed by atoms with Crippen molar-refractivity contribution in [2.75, 3.05) is 12.3 Å². The molecular weight excluding hydrogens is 274 g/mol. The molecule has 3 heterocycles. The van der Waals surface area contributed by atoms with Crippen molar-refractivity contribution in [1.82, 2.24) is 19.5 Å². The van der Waals surface area contributed by atoms with Crippen LogP contribution in [-0.2, 0) is 17.9 Å². The van der Waals surface area contributed by atoms with Gasteiger partial charge in [0.1, 0.15) is 24.2 Å². The van der Waals surface area contributed by atoms with E-state index >= 15 is 0 Å². The van der Waals surface area contributed by atoms with E-state index in [2.05, 4.69) is 15.0 Å². The Hall–Kier alpha value is -2.45. The smallest absolute Gasteiger partial charge is 0.165 e. The van der Waals surface area contributed by atoms with E-state index in [1.165, 1.54) is 6.33 Å². The van der Waals surface area contributed by atoms with E-state index in [4.69, 9.17) is 14.9 Å². The largest absolute Gasteiger partial charge is 0.467 e. The fourth-order valence-electron chi connectivity index (χ4n) is 2.00. The monoisotopic (exact) mass is 289 g/mol. The van der Waals surface area contributed by atoms with Crippen LogP contribution in [0.15, 0.2) is 35.5 Å². The van der Waals surface area contributed by atoms with Crippen LogP contribution in [0.4, 0.5) is 5.82 Å². The van der Waals surface area contributed by atoms with Gasteiger partial charge < -0.3 is 24.6 Å². The molecule has 3 N–H and O–H groups in total. The molecule has 3 aromatic heterocycles. The van der Waals surface area contributed by atoms with Gasteiger partial charge in [-0.3, -0.25) is 0 Å². The summed E-state index contributed by atoms with van der Waals surface area (Å²) in [5.74, 6) is 1.04. The molecule has 0 aliphatic rings. The predicted octanol–water partition coefficient (Wildman–Crippen LogP) is 0.579. The number of aromatic nitrogens is 4. The van der Waals surface area contributed by atoms with E-state index in [1.807, 2.05) is 6.07 Å². The number of nitrogen functional groups attached to an aromatic ring is 1. The second kappa shape index (κ2) is 5.90. The Bertz CT molecular complexity index is 710. The van der Waals surface area contributed by atoms with Crippen molar-refractivity contribution in [3.05, 3.63) is 36.8 Å². The Morgan fingerprint density at radius 2 is 2.29 bits per heavy atom. The van der Waals surface area contributed by atoms with Gasteiger partial charge >= 0.3 is 0 Å². The normalized spacial score (nSPS) is 12.8. The quantitative estimate of drug-likeness (QED) is 0.682. The standard InChI is InChI=1S/C13H15N5O3/c14-12-11-13(16-7-15-12)18(8-17-11)4-9(19)5-20-6-10-2-1-3-21-10/h1-3,7-9,19H,4-6H2,(H2,14,15,16). The van der Waals surface area contributed by atoms with Crippen molar-refractivity contribution in [3.63, 3.8) is 0 Å². The van der Waals surface area contributed by atoms with E-state index in [0.717, 1.165) is 5.76 Å². The van der Waals surface area contributed by atoms with Gasteiger partial charge in [0.15, 0.2) is 11.5 Å². The Balaban J connectivity index is 1.58. The highest BCUT2D eigenvalue weighted by atomic mass is 16.5. The first kappa shape index (κ1) is 13.5. The van der Waals surface area contributed by atoms with E-state index in [-0.39, 0.29) is 6.61 Å². The maximum Gasteiger partial charge on any atom is 0.165 e. The van der Waals surface area contributed by atoms with Crippen LogP contribution in [0.5, 0.6) is 0 Å². The molecule has 0 radical (unpaired) electrons. The zero-order valence-corrected chi connectivity index (χ0v) is 11.2. The van der Waals surface area contributed by atoms with Crippen molar-refractivity contribution >= 4 is 17.0 Å². The molecule has 0 amide bonds. The number of furan rings is 1. The topological polar surface area (TPSA) is 112 Å². The van der Waals surface area contributed by atoms with Crippen LogP contribution >= 0.6 is 0 Å². The average Bonchev–Trinajstić information content (AvgIpc) is 3.10. The van der Waals surface area contributed by atoms with Gasteiger partial charge in [-0.1, -0.05) is 0 Å². The number of ether oxygens (including phenoxy) is 1. The summed E-state index contributed by atoms with van der Waals surface area (Å²) in [5.41, 5.74) is 6.83. The fourth-order valence-corrected chi connectivity index (χ4v) is 2.00. The Morgan fingerprint density at radius 1 is 1.38 bits per heavy atom. The number of imidazole rings is 1. The third-order valence-corrected chi connectivity index (χ3v) is 2.97. The Morgan fingerprint density at radius 3 is 3.10 bits per heavy atom. The molecule has 0 bridgehead atoms. The zero-order valence-electron chi connectivity index (χ0n) is 11.2. The molecule has 0 saturated carbocycles. The second-order valence-electron chi connectivity index (χ2n) is 4.58. The highest BCUT2D eigenvalue weighted by Gasteiger charge is 2.12. The summed E-state index contributed by atoms with van der Waals surface area (Å²) >= 11 is 0. The average molecular weight is 289 g/mol. The van der Waals surface area contributed by atoms with Crippen molar-refractivity contribution in [2.24, 2.45) is 0 Å². The van der Waals surface area contributed by atoms with Crippen LogP contribution in [0.1, 0.15) is 5.76 Å². The highest BCUT2D eigenvalue weighted by molar-refractivity contribution is 5.81. The zero-order chi connectivity index (χ0) is 14.7. The molecule has 0 aliphatic carbocycles. The lowest BCUT2D eigenvalue weighted by Gasteiger charge is -2.11. The molecule has 8 heteroatoms. The lowest BCUT2D eigenvalue weighted by Crippen LogP contribution is -2.21. The minimum absolute atomic E-state index is 0.181. The highest BCUT2D eigenvalue weighted by Crippen LogP contribution is 2.14. The molecule has 110 valence electrons. The first-order valence-electron chi connectivity index (χ1n) is 6.43. The van der Waals surface area contributed by atoms with Gasteiger partial charge in [0, 0.05) is 0 Å². The molecule has 0 fully saturated rings. The maximum absolute atomic E-state index is 10.00. The SMILES string of the molecule is Nc1ncnc2c1ncn2CC(O)COCc1ccco1. The van der Waals surface area contributed by atoms with Crippen molar-refractivity contribution in [3.8, 4) is 0 Å². The lowest BCUT2D eigenvalue weighted by molar-refractivity contribution is 0.0151. The minimum atomic E-state index is -0.687. The van der Waals surface area contributed by atoms with Gasteiger partial charge in [-0.05, 0) is 12.1 Å². The van der Waals surface area contributed by atoms with Gasteiger partial charge in [0.2, 0.25) is 0 Å². The number of aliphatic hydroxyl groups is 1. The van der Waals surface area contributed by atoms with Crippen LogP contribution in [0, 0.1) is 0 Å². The number of hydrogen-bond donors (Lipinski definition) is 2. The first-order chi connectivity index (χ1) is 10.2. The van der Waals surface area contributed by atoms with Gasteiger partial charge in [-0.15, -0.1) is 0 Å². The molecule has 3 rings (SSSR count). The Labute approximate surface area is 120 Å². The van der Waals surface area contributed by atoms with Crippen LogP contribution in [0.25, 0.3) is 11.2 Å². The fraction of sp³-hybridized carbons (Fsp3) is 0.308. The molecule has 21 heavy (non-hydrogen) atoms. The summed E-state index contributed by atoms with van der Waals surface area (Å²) in [6, 6.07) is 3.60. The number of hydrogen-bond acceptors (Lipinski definition) is 7. The second-order valence-corrected chi connectivity index (χ2v) is 4.58. The summed E-state index contributed by atoms with van der Waals surface area (Å²) in [4.78, 5) is 12.1. The van der Waals surface area contributed by atoms with Crippen LogP contribution < -0.4 is 5.73 Å². The molecule has 1 unspecified atom stereocenters. The summed E-state index contributed by atoms with van der Waals surface area (Å²) < 4.78 is 12.2. The molecule has 3 aromatic rings. The summed E-state index contributed by atoms with van der Waals surface area (Å²) in [6.07, 6.45) is 3.84. The molecule has 8 nitrogen and oxygen atoms in total. The summed E-state index contributed by atoms with van der Waals surface area (Å²) in [7, 11) is 0. The van der Waals surface area contributed by atoms with E-state index in [9.17, 15) is 5.11 Å². The molecule has 0 aliphatic heterocycles. The van der Waals surface area contributed by atoms with Gasteiger partial charge in [-0.2, -0.15) is 0 Å². The molecular formula is C13H15N5O3. The van der Waals surface area contributed by atoms with Crippen LogP contribution in [0.2, 0.25) is 0 Å². The third-order valence-electron chi connectivity index (χ3n) is 2.97. The Kier molecular flexibility index (Phi) is 3.80. The first-order valence-corrected chi connectivity index (χ1v) is 6.43. The maximum atomic E-state index is 10.00. The summed E-state index contributed by atoms with van der Waals surface area (Å²) in [5, 5.41) is 10.00. The van der Waals surface area contributed by atoms with Crippen molar-refractivity contribution < 1.29 is 14.3 Å². The molecule has 0 saturated heterocycles. The minimum Gasteiger partial charge on any atom is -0.467 e. The number of nitrogens with zero attached hydrogens (tertiary/aromatic N) is 4. The number of fused-ring (bicyclic) bond motifs is 1.